The third-order valence-corrected chi connectivity index (χ3v) is 6.96. The first-order valence-corrected chi connectivity index (χ1v) is 11.5. The Morgan fingerprint density at radius 1 is 1.19 bits per heavy atom. The molecule has 0 atom stereocenters. The van der Waals surface area contributed by atoms with Crippen LogP contribution in [-0.4, -0.2) is 46.0 Å². The van der Waals surface area contributed by atoms with Crippen LogP contribution in [0.4, 0.5) is 4.39 Å². The van der Waals surface area contributed by atoms with Gasteiger partial charge in [-0.3, -0.25) is 4.79 Å². The van der Waals surface area contributed by atoms with Crippen molar-refractivity contribution < 1.29 is 26.8 Å². The molecule has 0 radical (unpaired) electrons. The molecule has 1 N–H and O–H groups in total. The number of ether oxygens (including phenoxy) is 1. The molecule has 3 aromatic rings. The molecule has 0 aliphatic carbocycles. The van der Waals surface area contributed by atoms with E-state index < -0.39 is 15.8 Å². The number of furan rings is 1. The summed E-state index contributed by atoms with van der Waals surface area (Å²) in [5, 5.41) is 0.878. The maximum absolute atomic E-state index is 13.5. The molecule has 2 heterocycles. The van der Waals surface area contributed by atoms with Crippen molar-refractivity contribution in [3.05, 3.63) is 60.1 Å². The summed E-state index contributed by atoms with van der Waals surface area (Å²) < 4.78 is 52.0. The monoisotopic (exact) mass is 446 g/mol. The van der Waals surface area contributed by atoms with Gasteiger partial charge in [0.15, 0.2) is 5.76 Å². The van der Waals surface area contributed by atoms with Gasteiger partial charge < -0.3 is 14.1 Å². The lowest BCUT2D eigenvalue weighted by atomic mass is 9.97. The predicted octanol–water partition coefficient (Wildman–Crippen LogP) is 3.41. The highest BCUT2D eigenvalue weighted by Crippen LogP contribution is 2.26. The zero-order valence-electron chi connectivity index (χ0n) is 17.0. The van der Waals surface area contributed by atoms with E-state index >= 15 is 0 Å². The fourth-order valence-electron chi connectivity index (χ4n) is 3.75. The first-order chi connectivity index (χ1) is 14.9. The van der Waals surface area contributed by atoms with E-state index in [2.05, 4.69) is 4.72 Å². The second-order valence-corrected chi connectivity index (χ2v) is 9.27. The summed E-state index contributed by atoms with van der Waals surface area (Å²) in [4.78, 5) is 14.2. The average Bonchev–Trinajstić information content (AvgIpc) is 3.22. The van der Waals surface area contributed by atoms with Gasteiger partial charge in [-0.05, 0) is 49.1 Å². The van der Waals surface area contributed by atoms with Gasteiger partial charge in [0, 0.05) is 25.0 Å². The number of hydrogen-bond acceptors (Lipinski definition) is 5. The molecule has 0 saturated carbocycles. The Morgan fingerprint density at radius 2 is 1.94 bits per heavy atom. The van der Waals surface area contributed by atoms with Crippen LogP contribution in [0.1, 0.15) is 23.4 Å². The van der Waals surface area contributed by atoms with Crippen LogP contribution in [-0.2, 0) is 10.0 Å². The Morgan fingerprint density at radius 3 is 2.65 bits per heavy atom. The molecule has 0 bridgehead atoms. The molecule has 1 fully saturated rings. The fourth-order valence-corrected chi connectivity index (χ4v) is 5.04. The molecule has 1 saturated heterocycles. The highest BCUT2D eigenvalue weighted by molar-refractivity contribution is 7.89. The van der Waals surface area contributed by atoms with Crippen molar-refractivity contribution in [2.24, 2.45) is 5.92 Å². The molecule has 1 aliphatic rings. The summed E-state index contributed by atoms with van der Waals surface area (Å²) >= 11 is 0. The average molecular weight is 447 g/mol. The van der Waals surface area contributed by atoms with Crippen LogP contribution in [0.3, 0.4) is 0 Å². The van der Waals surface area contributed by atoms with Gasteiger partial charge in [0.2, 0.25) is 10.0 Å². The molecule has 0 unspecified atom stereocenters. The van der Waals surface area contributed by atoms with Crippen LogP contribution in [0, 0.1) is 11.7 Å². The van der Waals surface area contributed by atoms with Crippen molar-refractivity contribution in [2.45, 2.75) is 17.7 Å². The van der Waals surface area contributed by atoms with Gasteiger partial charge in [0.25, 0.3) is 5.91 Å². The number of fused-ring (bicyclic) bond motifs is 1. The zero-order valence-corrected chi connectivity index (χ0v) is 17.8. The number of likely N-dealkylation sites (tertiary alicyclic amines) is 1. The molecule has 2 aromatic carbocycles. The van der Waals surface area contributed by atoms with E-state index in [1.807, 2.05) is 24.3 Å². The van der Waals surface area contributed by atoms with E-state index in [1.54, 1.807) is 11.0 Å². The van der Waals surface area contributed by atoms with Gasteiger partial charge in [-0.2, -0.15) is 0 Å². The highest BCUT2D eigenvalue weighted by atomic mass is 32.2. The van der Waals surface area contributed by atoms with Crippen LogP contribution in [0.15, 0.2) is 57.8 Å². The topological polar surface area (TPSA) is 88.9 Å². The minimum absolute atomic E-state index is 0.0639. The Hall–Kier alpha value is -2.91. The quantitative estimate of drug-likeness (QED) is 0.627. The Balaban J connectivity index is 1.35. The number of rotatable bonds is 6. The third-order valence-electron chi connectivity index (χ3n) is 5.52. The summed E-state index contributed by atoms with van der Waals surface area (Å²) in [6.45, 7) is 1.21. The van der Waals surface area contributed by atoms with Gasteiger partial charge >= 0.3 is 0 Å². The number of benzene rings is 2. The SMILES string of the molecule is COc1ccc(F)cc1S(=O)(=O)NCC1CCN(C(=O)c2cc3ccccc3o2)CC1. The number of sulfonamides is 1. The van der Waals surface area contributed by atoms with Crippen LogP contribution in [0.2, 0.25) is 0 Å². The predicted molar refractivity (Wildman–Crippen MR) is 113 cm³/mol. The first kappa shape index (κ1) is 21.3. The molecule has 31 heavy (non-hydrogen) atoms. The number of carbonyl (C=O) groups excluding carboxylic acids is 1. The number of hydrogen-bond donors (Lipinski definition) is 1. The van der Waals surface area contributed by atoms with Crippen LogP contribution in [0.5, 0.6) is 5.75 Å². The Kier molecular flexibility index (Phi) is 5.97. The summed E-state index contributed by atoms with van der Waals surface area (Å²) in [5.74, 6) is -0.369. The Labute approximate surface area is 179 Å². The number of piperidine rings is 1. The smallest absolute Gasteiger partial charge is 0.289 e. The van der Waals surface area contributed by atoms with Gasteiger partial charge in [0.1, 0.15) is 22.0 Å². The fraction of sp³-hybridized carbons (Fsp3) is 0.318. The lowest BCUT2D eigenvalue weighted by molar-refractivity contribution is 0.0662. The number of nitrogens with one attached hydrogen (secondary N) is 1. The van der Waals surface area contributed by atoms with E-state index in [-0.39, 0.29) is 29.0 Å². The standard InChI is InChI=1S/C22H23FN2O5S/c1-29-19-7-6-17(23)13-21(19)31(27,28)24-14-15-8-10-25(11-9-15)22(26)20-12-16-4-2-3-5-18(16)30-20/h2-7,12-13,15,24H,8-11,14H2,1H3. The van der Waals surface area contributed by atoms with Gasteiger partial charge in [0.05, 0.1) is 7.11 Å². The number of halogens is 1. The lowest BCUT2D eigenvalue weighted by Crippen LogP contribution is -2.41. The van der Waals surface area contributed by atoms with Crippen molar-refractivity contribution in [3.63, 3.8) is 0 Å². The molecule has 164 valence electrons. The van der Waals surface area contributed by atoms with E-state index in [1.165, 1.54) is 13.2 Å². The van der Waals surface area contributed by atoms with Crippen molar-refractivity contribution in [2.75, 3.05) is 26.7 Å². The van der Waals surface area contributed by atoms with Gasteiger partial charge in [-0.25, -0.2) is 17.5 Å². The number of methoxy groups -OCH3 is 1. The maximum Gasteiger partial charge on any atom is 0.289 e. The summed E-state index contributed by atoms with van der Waals surface area (Å²) in [6.07, 6.45) is 1.30. The molecule has 1 aromatic heterocycles. The van der Waals surface area contributed by atoms with Crippen molar-refractivity contribution >= 4 is 26.9 Å². The van der Waals surface area contributed by atoms with Crippen LogP contribution >= 0.6 is 0 Å². The third kappa shape index (κ3) is 4.57. The minimum atomic E-state index is -3.92. The molecule has 4 rings (SSSR count). The second kappa shape index (κ2) is 8.68. The molecular weight excluding hydrogens is 423 g/mol. The number of amides is 1. The van der Waals surface area contributed by atoms with E-state index in [0.717, 1.165) is 17.5 Å². The number of nitrogens with zero attached hydrogens (tertiary/aromatic N) is 1. The highest BCUT2D eigenvalue weighted by Gasteiger charge is 2.27. The number of carbonyl (C=O) groups is 1. The van der Waals surface area contributed by atoms with Crippen molar-refractivity contribution in [3.8, 4) is 5.75 Å². The summed E-state index contributed by atoms with van der Waals surface area (Å²) in [7, 11) is -2.59. The van der Waals surface area contributed by atoms with Crippen molar-refractivity contribution in [1.29, 1.82) is 0 Å². The van der Waals surface area contributed by atoms with E-state index in [4.69, 9.17) is 9.15 Å². The van der Waals surface area contributed by atoms with Gasteiger partial charge in [-0.1, -0.05) is 18.2 Å². The van der Waals surface area contributed by atoms with Gasteiger partial charge in [-0.15, -0.1) is 0 Å². The molecule has 7 nitrogen and oxygen atoms in total. The largest absolute Gasteiger partial charge is 0.495 e. The molecule has 0 spiro atoms. The normalized spacial score (nSPS) is 15.4. The summed E-state index contributed by atoms with van der Waals surface area (Å²) in [6, 6.07) is 12.6. The minimum Gasteiger partial charge on any atom is -0.495 e. The molecule has 9 heteroatoms. The summed E-state index contributed by atoms with van der Waals surface area (Å²) in [5.41, 5.74) is 0.669. The first-order valence-electron chi connectivity index (χ1n) is 9.98. The molecule has 1 aliphatic heterocycles. The van der Waals surface area contributed by atoms with Crippen LogP contribution < -0.4 is 9.46 Å². The Bertz CT molecular complexity index is 1170. The van der Waals surface area contributed by atoms with E-state index in [0.29, 0.717) is 37.3 Å². The van der Waals surface area contributed by atoms with Crippen molar-refractivity contribution in [1.82, 2.24) is 9.62 Å². The maximum atomic E-state index is 13.5. The number of para-hydroxylation sites is 1. The second-order valence-electron chi connectivity index (χ2n) is 7.53. The zero-order chi connectivity index (χ0) is 22.0. The molecule has 1 amide bonds. The van der Waals surface area contributed by atoms with E-state index in [9.17, 15) is 17.6 Å². The van der Waals surface area contributed by atoms with Crippen LogP contribution in [0.25, 0.3) is 11.0 Å². The lowest BCUT2D eigenvalue weighted by Gasteiger charge is -2.31. The molecular formula is C22H23FN2O5S.